The van der Waals surface area contributed by atoms with Crippen molar-refractivity contribution in [2.24, 2.45) is 5.92 Å². The maximum Gasteiger partial charge on any atom is 0.317 e. The Labute approximate surface area is 163 Å². The van der Waals surface area contributed by atoms with E-state index in [4.69, 9.17) is 9.15 Å². The third kappa shape index (κ3) is 4.51. The van der Waals surface area contributed by atoms with Crippen LogP contribution < -0.4 is 4.72 Å². The van der Waals surface area contributed by atoms with Crippen molar-refractivity contribution in [3.63, 3.8) is 0 Å². The highest BCUT2D eigenvalue weighted by Crippen LogP contribution is 2.40. The molecular weight excluding hydrogens is 382 g/mol. The Kier molecular flexibility index (Phi) is 5.69. The van der Waals surface area contributed by atoms with Crippen molar-refractivity contribution in [3.8, 4) is 0 Å². The van der Waals surface area contributed by atoms with Gasteiger partial charge < -0.3 is 9.15 Å². The smallest absolute Gasteiger partial charge is 0.317 e. The Hall–Kier alpha value is -2.87. The van der Waals surface area contributed by atoms with Crippen LogP contribution in [0.4, 0.5) is 5.69 Å². The Bertz CT molecular complexity index is 990. The molecule has 1 aromatic heterocycles. The molecule has 148 valence electrons. The minimum absolute atomic E-state index is 0.193. The van der Waals surface area contributed by atoms with Crippen molar-refractivity contribution >= 4 is 33.0 Å². The standard InChI is InChI=1S/C20H21NO6S/c1-3-26-20(23)19-16(18-5-4-10-27-18)11-14(12-17(19)22)13-6-8-15(9-7-13)21-28(2,24)25/h4-10,12,16,19,21H,3,11H2,1-2H3/t16-,19-/m1/s1. The number of ether oxygens (including phenoxy) is 1. The molecule has 1 aliphatic rings. The number of hydrogen-bond acceptors (Lipinski definition) is 6. The van der Waals surface area contributed by atoms with Gasteiger partial charge in [-0.15, -0.1) is 0 Å². The summed E-state index contributed by atoms with van der Waals surface area (Å²) in [6.45, 7) is 1.89. The van der Waals surface area contributed by atoms with E-state index in [-0.39, 0.29) is 12.4 Å². The van der Waals surface area contributed by atoms with Gasteiger partial charge >= 0.3 is 5.97 Å². The van der Waals surface area contributed by atoms with Gasteiger partial charge in [0, 0.05) is 11.6 Å². The first-order valence-electron chi connectivity index (χ1n) is 8.81. The van der Waals surface area contributed by atoms with E-state index in [1.165, 1.54) is 12.3 Å². The van der Waals surface area contributed by atoms with E-state index in [0.717, 1.165) is 17.4 Å². The summed E-state index contributed by atoms with van der Waals surface area (Å²) < 4.78 is 35.6. The highest BCUT2D eigenvalue weighted by molar-refractivity contribution is 7.92. The molecule has 28 heavy (non-hydrogen) atoms. The summed E-state index contributed by atoms with van der Waals surface area (Å²) in [5, 5.41) is 0. The van der Waals surface area contributed by atoms with Gasteiger partial charge in [-0.3, -0.25) is 14.3 Å². The molecule has 0 amide bonds. The van der Waals surface area contributed by atoms with Crippen LogP contribution in [-0.4, -0.2) is 33.0 Å². The molecule has 0 fully saturated rings. The number of allylic oxidation sites excluding steroid dienone is 2. The molecule has 0 aliphatic heterocycles. The molecule has 1 aliphatic carbocycles. The fourth-order valence-corrected chi connectivity index (χ4v) is 3.88. The summed E-state index contributed by atoms with van der Waals surface area (Å²) in [5.41, 5.74) is 1.95. The van der Waals surface area contributed by atoms with Gasteiger partial charge in [0.2, 0.25) is 10.0 Å². The van der Waals surface area contributed by atoms with Crippen LogP contribution in [0.3, 0.4) is 0 Å². The van der Waals surface area contributed by atoms with Crippen LogP contribution in [0.2, 0.25) is 0 Å². The van der Waals surface area contributed by atoms with Crippen LogP contribution in [0.15, 0.2) is 53.2 Å². The number of furan rings is 1. The molecule has 2 atom stereocenters. The van der Waals surface area contributed by atoms with E-state index in [1.807, 2.05) is 0 Å². The number of carbonyl (C=O) groups excluding carboxylic acids is 2. The average molecular weight is 403 g/mol. The number of carbonyl (C=O) groups is 2. The van der Waals surface area contributed by atoms with E-state index in [9.17, 15) is 18.0 Å². The number of benzene rings is 1. The summed E-state index contributed by atoms with van der Waals surface area (Å²) in [5.74, 6) is -1.75. The summed E-state index contributed by atoms with van der Waals surface area (Å²) in [4.78, 5) is 25.1. The number of hydrogen-bond donors (Lipinski definition) is 1. The lowest BCUT2D eigenvalue weighted by Gasteiger charge is -2.27. The van der Waals surface area contributed by atoms with Crippen molar-refractivity contribution in [2.45, 2.75) is 19.3 Å². The molecule has 1 N–H and O–H groups in total. The van der Waals surface area contributed by atoms with Crippen molar-refractivity contribution < 1.29 is 27.2 Å². The van der Waals surface area contributed by atoms with Crippen LogP contribution in [0.5, 0.6) is 0 Å². The first kappa shape index (κ1) is 19.9. The third-order valence-corrected chi connectivity index (χ3v) is 5.08. The molecule has 0 saturated heterocycles. The molecular formula is C20H21NO6S. The normalized spacial score (nSPS) is 19.8. The minimum atomic E-state index is -3.37. The van der Waals surface area contributed by atoms with Crippen LogP contribution >= 0.6 is 0 Å². The fourth-order valence-electron chi connectivity index (χ4n) is 3.32. The van der Waals surface area contributed by atoms with Crippen molar-refractivity contribution in [2.75, 3.05) is 17.6 Å². The van der Waals surface area contributed by atoms with Crippen LogP contribution in [0.1, 0.15) is 30.6 Å². The number of sulfonamides is 1. The maximum atomic E-state index is 12.7. The van der Waals surface area contributed by atoms with E-state index < -0.39 is 27.8 Å². The molecule has 1 heterocycles. The monoisotopic (exact) mass is 403 g/mol. The van der Waals surface area contributed by atoms with Gasteiger partial charge in [-0.05, 0) is 54.8 Å². The highest BCUT2D eigenvalue weighted by atomic mass is 32.2. The van der Waals surface area contributed by atoms with Gasteiger partial charge in [0.05, 0.1) is 19.1 Å². The average Bonchev–Trinajstić information content (AvgIpc) is 3.15. The lowest BCUT2D eigenvalue weighted by atomic mass is 9.76. The SMILES string of the molecule is CCOC(=O)[C@H]1C(=O)C=C(c2ccc(NS(C)(=O)=O)cc2)C[C@@H]1c1ccco1. The minimum Gasteiger partial charge on any atom is -0.469 e. The zero-order chi connectivity index (χ0) is 20.3. The second kappa shape index (κ2) is 8.02. The molecule has 2 aromatic rings. The van der Waals surface area contributed by atoms with Gasteiger partial charge in [-0.25, -0.2) is 8.42 Å². The Morgan fingerprint density at radius 3 is 2.54 bits per heavy atom. The topological polar surface area (TPSA) is 103 Å². The van der Waals surface area contributed by atoms with E-state index >= 15 is 0 Å². The second-order valence-electron chi connectivity index (χ2n) is 6.58. The van der Waals surface area contributed by atoms with E-state index in [2.05, 4.69) is 4.72 Å². The molecule has 7 nitrogen and oxygen atoms in total. The first-order valence-corrected chi connectivity index (χ1v) is 10.7. The van der Waals surface area contributed by atoms with E-state index in [1.54, 1.807) is 43.3 Å². The summed E-state index contributed by atoms with van der Waals surface area (Å²) in [6.07, 6.45) is 4.46. The number of anilines is 1. The number of ketones is 1. The van der Waals surface area contributed by atoms with E-state index in [0.29, 0.717) is 17.9 Å². The Balaban J connectivity index is 1.91. The van der Waals surface area contributed by atoms with Crippen LogP contribution in [0.25, 0.3) is 5.57 Å². The van der Waals surface area contributed by atoms with Gasteiger partial charge in [0.25, 0.3) is 0 Å². The summed E-state index contributed by atoms with van der Waals surface area (Å²) >= 11 is 0. The van der Waals surface area contributed by atoms with Gasteiger partial charge in [-0.2, -0.15) is 0 Å². The molecule has 0 saturated carbocycles. The summed E-state index contributed by atoms with van der Waals surface area (Å²) in [7, 11) is -3.37. The predicted molar refractivity (Wildman–Crippen MR) is 104 cm³/mol. The predicted octanol–water partition coefficient (Wildman–Crippen LogP) is 2.97. The maximum absolute atomic E-state index is 12.7. The molecule has 8 heteroatoms. The molecule has 1 aromatic carbocycles. The number of nitrogens with one attached hydrogen (secondary N) is 1. The van der Waals surface area contributed by atoms with Crippen LogP contribution in [-0.2, 0) is 24.3 Å². The first-order chi connectivity index (χ1) is 13.3. The van der Waals surface area contributed by atoms with Crippen LogP contribution in [0, 0.1) is 5.92 Å². The quantitative estimate of drug-likeness (QED) is 0.588. The van der Waals surface area contributed by atoms with Gasteiger partial charge in [0.1, 0.15) is 11.7 Å². The zero-order valence-corrected chi connectivity index (χ0v) is 16.4. The molecule has 0 bridgehead atoms. The van der Waals surface area contributed by atoms with Gasteiger partial charge in [-0.1, -0.05) is 12.1 Å². The van der Waals surface area contributed by atoms with Gasteiger partial charge in [0.15, 0.2) is 5.78 Å². The summed E-state index contributed by atoms with van der Waals surface area (Å²) in [6, 6.07) is 10.2. The second-order valence-corrected chi connectivity index (χ2v) is 8.33. The third-order valence-electron chi connectivity index (χ3n) is 4.47. The largest absolute Gasteiger partial charge is 0.469 e. The number of rotatable bonds is 6. The lowest BCUT2D eigenvalue weighted by molar-refractivity contribution is -0.151. The van der Waals surface area contributed by atoms with Crippen molar-refractivity contribution in [1.82, 2.24) is 0 Å². The Morgan fingerprint density at radius 2 is 1.96 bits per heavy atom. The number of esters is 1. The molecule has 3 rings (SSSR count). The van der Waals surface area contributed by atoms with Crippen molar-refractivity contribution in [3.05, 3.63) is 60.1 Å². The van der Waals surface area contributed by atoms with Crippen molar-refractivity contribution in [1.29, 1.82) is 0 Å². The Morgan fingerprint density at radius 1 is 1.25 bits per heavy atom. The molecule has 0 radical (unpaired) electrons. The highest BCUT2D eigenvalue weighted by Gasteiger charge is 2.41. The molecule has 0 unspecified atom stereocenters. The fraction of sp³-hybridized carbons (Fsp3) is 0.300. The lowest BCUT2D eigenvalue weighted by Crippen LogP contribution is -2.33. The molecule has 0 spiro atoms. The zero-order valence-electron chi connectivity index (χ0n) is 15.5.